The third-order valence-electron chi connectivity index (χ3n) is 2.34. The summed E-state index contributed by atoms with van der Waals surface area (Å²) in [7, 11) is 0. The van der Waals surface area contributed by atoms with Gasteiger partial charge < -0.3 is 14.9 Å². The molecule has 4 heteroatoms. The first-order valence-corrected chi connectivity index (χ1v) is 5.66. The predicted octanol–water partition coefficient (Wildman–Crippen LogP) is 1.21. The predicted molar refractivity (Wildman–Crippen MR) is 63.4 cm³/mol. The normalized spacial score (nSPS) is 14.1. The van der Waals surface area contributed by atoms with E-state index in [4.69, 9.17) is 4.74 Å². The average Bonchev–Trinajstić information content (AvgIpc) is 2.28. The van der Waals surface area contributed by atoms with Crippen molar-refractivity contribution < 1.29 is 19.7 Å². The van der Waals surface area contributed by atoms with Gasteiger partial charge in [-0.3, -0.25) is 0 Å². The zero-order valence-corrected chi connectivity index (χ0v) is 10.1. The molecule has 2 unspecified atom stereocenters. The zero-order chi connectivity index (χ0) is 12.8. The Kier molecular flexibility index (Phi) is 5.12. The van der Waals surface area contributed by atoms with Crippen LogP contribution in [0.3, 0.4) is 0 Å². The summed E-state index contributed by atoms with van der Waals surface area (Å²) in [5.74, 6) is -0.643. The fourth-order valence-electron chi connectivity index (χ4n) is 1.53. The van der Waals surface area contributed by atoms with Gasteiger partial charge >= 0.3 is 5.97 Å². The Morgan fingerprint density at radius 2 is 1.88 bits per heavy atom. The number of rotatable bonds is 5. The highest BCUT2D eigenvalue weighted by molar-refractivity contribution is 5.76. The zero-order valence-electron chi connectivity index (χ0n) is 10.1. The highest BCUT2D eigenvalue weighted by Gasteiger charge is 2.18. The monoisotopic (exact) mass is 238 g/mol. The maximum atomic E-state index is 11.3. The van der Waals surface area contributed by atoms with E-state index in [1.54, 1.807) is 38.1 Å². The molecule has 0 spiro atoms. The van der Waals surface area contributed by atoms with Gasteiger partial charge in [0, 0.05) is 0 Å². The number of ether oxygens (including phenoxy) is 1. The van der Waals surface area contributed by atoms with Crippen LogP contribution in [0.15, 0.2) is 24.3 Å². The van der Waals surface area contributed by atoms with E-state index < -0.39 is 18.2 Å². The second-order valence-corrected chi connectivity index (χ2v) is 3.95. The van der Waals surface area contributed by atoms with Crippen molar-refractivity contribution in [2.45, 2.75) is 32.5 Å². The van der Waals surface area contributed by atoms with Crippen molar-refractivity contribution in [3.05, 3.63) is 35.4 Å². The lowest BCUT2D eigenvalue weighted by Gasteiger charge is -2.11. The van der Waals surface area contributed by atoms with Gasteiger partial charge in [0.25, 0.3) is 0 Å². The number of carbonyl (C=O) groups is 1. The van der Waals surface area contributed by atoms with Crippen LogP contribution in [0.5, 0.6) is 0 Å². The van der Waals surface area contributed by atoms with Crippen molar-refractivity contribution in [3.63, 3.8) is 0 Å². The molecule has 0 saturated heterocycles. The summed E-state index contributed by atoms with van der Waals surface area (Å²) < 4.78 is 4.72. The van der Waals surface area contributed by atoms with Gasteiger partial charge in [-0.1, -0.05) is 24.3 Å². The Hall–Kier alpha value is -1.39. The van der Waals surface area contributed by atoms with Crippen LogP contribution in [0.25, 0.3) is 0 Å². The Morgan fingerprint density at radius 1 is 1.29 bits per heavy atom. The van der Waals surface area contributed by atoms with Crippen molar-refractivity contribution in [1.29, 1.82) is 0 Å². The van der Waals surface area contributed by atoms with Gasteiger partial charge in [0.15, 0.2) is 6.10 Å². The van der Waals surface area contributed by atoms with Crippen LogP contribution in [0.2, 0.25) is 0 Å². The first-order chi connectivity index (χ1) is 8.04. The van der Waals surface area contributed by atoms with Crippen LogP contribution >= 0.6 is 0 Å². The van der Waals surface area contributed by atoms with Crippen LogP contribution in [0.4, 0.5) is 0 Å². The molecule has 0 amide bonds. The molecule has 0 heterocycles. The second kappa shape index (κ2) is 6.37. The minimum atomic E-state index is -1.24. The van der Waals surface area contributed by atoms with E-state index in [-0.39, 0.29) is 6.61 Å². The molecule has 2 N–H and O–H groups in total. The van der Waals surface area contributed by atoms with Gasteiger partial charge in [-0.25, -0.2) is 4.79 Å². The van der Waals surface area contributed by atoms with Gasteiger partial charge in [0.05, 0.1) is 12.7 Å². The molecule has 94 valence electrons. The summed E-state index contributed by atoms with van der Waals surface area (Å²) in [5, 5.41) is 18.9. The number of hydrogen-bond donors (Lipinski definition) is 2. The van der Waals surface area contributed by atoms with E-state index in [9.17, 15) is 15.0 Å². The smallest absolute Gasteiger partial charge is 0.339 e. The number of benzene rings is 1. The lowest BCUT2D eigenvalue weighted by molar-refractivity contribution is -0.153. The molecule has 0 aromatic heterocycles. The molecule has 4 nitrogen and oxygen atoms in total. The van der Waals surface area contributed by atoms with E-state index in [1.165, 1.54) is 0 Å². The Bertz CT molecular complexity index is 356. The van der Waals surface area contributed by atoms with Gasteiger partial charge in [0.1, 0.15) is 0 Å². The van der Waals surface area contributed by atoms with Crippen molar-refractivity contribution in [2.24, 2.45) is 0 Å². The van der Waals surface area contributed by atoms with Gasteiger partial charge in [0.2, 0.25) is 0 Å². The molecule has 0 radical (unpaired) electrons. The number of aliphatic hydroxyl groups is 2. The Balaban J connectivity index is 2.70. The number of esters is 1. The molecule has 0 aliphatic carbocycles. The third-order valence-corrected chi connectivity index (χ3v) is 2.34. The first-order valence-electron chi connectivity index (χ1n) is 5.66. The summed E-state index contributed by atoms with van der Waals surface area (Å²) in [6, 6.07) is 6.90. The highest BCUT2D eigenvalue weighted by atomic mass is 16.5. The second-order valence-electron chi connectivity index (χ2n) is 3.95. The molecular weight excluding hydrogens is 220 g/mol. The first kappa shape index (κ1) is 13.7. The molecule has 0 aliphatic heterocycles. The summed E-state index contributed by atoms with van der Waals surface area (Å²) >= 11 is 0. The van der Waals surface area contributed by atoms with Gasteiger partial charge in [-0.15, -0.1) is 0 Å². The van der Waals surface area contributed by atoms with Crippen molar-refractivity contribution in [3.8, 4) is 0 Å². The molecule has 0 aliphatic rings. The van der Waals surface area contributed by atoms with Gasteiger partial charge in [-0.05, 0) is 31.4 Å². The average molecular weight is 238 g/mol. The minimum Gasteiger partial charge on any atom is -0.464 e. The molecule has 17 heavy (non-hydrogen) atoms. The van der Waals surface area contributed by atoms with Crippen molar-refractivity contribution in [1.82, 2.24) is 0 Å². The topological polar surface area (TPSA) is 66.8 Å². The van der Waals surface area contributed by atoms with E-state index in [0.717, 1.165) is 5.56 Å². The number of aliphatic hydroxyl groups excluding tert-OH is 2. The summed E-state index contributed by atoms with van der Waals surface area (Å²) in [4.78, 5) is 11.3. The largest absolute Gasteiger partial charge is 0.464 e. The SMILES string of the molecule is CCOC(=O)C(O)c1ccc(CC(C)O)cc1. The third kappa shape index (κ3) is 4.17. The maximum Gasteiger partial charge on any atom is 0.339 e. The maximum absolute atomic E-state index is 11.3. The molecule has 2 atom stereocenters. The number of hydrogen-bond acceptors (Lipinski definition) is 4. The van der Waals surface area contributed by atoms with E-state index in [2.05, 4.69) is 0 Å². The fourth-order valence-corrected chi connectivity index (χ4v) is 1.53. The van der Waals surface area contributed by atoms with E-state index in [0.29, 0.717) is 12.0 Å². The molecular formula is C13H18O4. The lowest BCUT2D eigenvalue weighted by atomic mass is 10.0. The van der Waals surface area contributed by atoms with Crippen molar-refractivity contribution in [2.75, 3.05) is 6.61 Å². The molecule has 0 bridgehead atoms. The van der Waals surface area contributed by atoms with Crippen LogP contribution in [0.1, 0.15) is 31.1 Å². The highest BCUT2D eigenvalue weighted by Crippen LogP contribution is 2.16. The molecule has 0 saturated carbocycles. The number of carbonyl (C=O) groups excluding carboxylic acids is 1. The van der Waals surface area contributed by atoms with E-state index >= 15 is 0 Å². The fraction of sp³-hybridized carbons (Fsp3) is 0.462. The molecule has 1 aromatic rings. The van der Waals surface area contributed by atoms with Crippen LogP contribution in [-0.2, 0) is 16.0 Å². The van der Waals surface area contributed by atoms with Crippen LogP contribution < -0.4 is 0 Å². The quantitative estimate of drug-likeness (QED) is 0.757. The molecule has 1 rings (SSSR count). The molecule has 0 fully saturated rings. The van der Waals surface area contributed by atoms with E-state index in [1.807, 2.05) is 0 Å². The Morgan fingerprint density at radius 3 is 2.35 bits per heavy atom. The minimum absolute atomic E-state index is 0.246. The lowest BCUT2D eigenvalue weighted by Crippen LogP contribution is -2.15. The van der Waals surface area contributed by atoms with Crippen molar-refractivity contribution >= 4 is 5.97 Å². The standard InChI is InChI=1S/C13H18O4/c1-3-17-13(16)12(15)11-6-4-10(5-7-11)8-9(2)14/h4-7,9,12,14-15H,3,8H2,1-2H3. The Labute approximate surface area is 101 Å². The summed E-state index contributed by atoms with van der Waals surface area (Å²) in [6.07, 6.45) is -1.10. The summed E-state index contributed by atoms with van der Waals surface area (Å²) in [5.41, 5.74) is 1.46. The van der Waals surface area contributed by atoms with Crippen LogP contribution in [-0.4, -0.2) is 28.9 Å². The van der Waals surface area contributed by atoms with Crippen LogP contribution in [0, 0.1) is 0 Å². The molecule has 1 aromatic carbocycles. The summed E-state index contributed by atoms with van der Waals surface area (Å²) in [6.45, 7) is 3.65. The van der Waals surface area contributed by atoms with Gasteiger partial charge in [-0.2, -0.15) is 0 Å².